The maximum absolute atomic E-state index is 6.41. The summed E-state index contributed by atoms with van der Waals surface area (Å²) in [5.41, 5.74) is 6.65. The van der Waals surface area contributed by atoms with E-state index in [9.17, 15) is 0 Å². The first-order chi connectivity index (χ1) is 15.0. The molecule has 0 aliphatic carbocycles. The predicted molar refractivity (Wildman–Crippen MR) is 133 cm³/mol. The fourth-order valence-electron chi connectivity index (χ4n) is 4.50. The van der Waals surface area contributed by atoms with Crippen LogP contribution in [0.2, 0.25) is 5.28 Å². The van der Waals surface area contributed by atoms with Crippen LogP contribution in [0.25, 0.3) is 21.3 Å². The number of thiophene rings is 1. The topological polar surface area (TPSA) is 29.0 Å². The van der Waals surface area contributed by atoms with E-state index in [1.54, 1.807) is 11.3 Å². The van der Waals surface area contributed by atoms with E-state index >= 15 is 0 Å². The van der Waals surface area contributed by atoms with Gasteiger partial charge >= 0.3 is 0 Å². The Kier molecular flexibility index (Phi) is 5.45. The van der Waals surface area contributed by atoms with E-state index in [1.807, 2.05) is 0 Å². The van der Waals surface area contributed by atoms with Crippen molar-refractivity contribution in [3.8, 4) is 11.1 Å². The molecule has 0 fully saturated rings. The normalized spacial score (nSPS) is 13.8. The lowest BCUT2D eigenvalue weighted by Gasteiger charge is -2.30. The summed E-state index contributed by atoms with van der Waals surface area (Å²) in [5.74, 6) is 1.48. The Morgan fingerprint density at radius 2 is 1.77 bits per heavy atom. The van der Waals surface area contributed by atoms with E-state index in [2.05, 4.69) is 79.2 Å². The molecule has 1 aliphatic rings. The second-order valence-electron chi connectivity index (χ2n) is 8.47. The van der Waals surface area contributed by atoms with Gasteiger partial charge in [0.25, 0.3) is 0 Å². The van der Waals surface area contributed by atoms with Crippen molar-refractivity contribution in [2.75, 3.05) is 11.4 Å². The molecule has 0 saturated heterocycles. The van der Waals surface area contributed by atoms with E-state index in [-0.39, 0.29) is 0 Å². The zero-order valence-electron chi connectivity index (χ0n) is 18.2. The minimum Gasteiger partial charge on any atom is -0.351 e. The smallest absolute Gasteiger partial charge is 0.225 e. The standard InChI is InChI=1S/C26H26ClN3S/c1-4-21-22(19-11-9-17(10-12-19)16(2)3)23-24(28-26(27)29-25(23)31-21)30-14-13-18-7-5-6-8-20(18)15-30/h5-12,16H,4,13-15H2,1-3H3. The third-order valence-electron chi connectivity index (χ3n) is 6.20. The van der Waals surface area contributed by atoms with Gasteiger partial charge in [-0.1, -0.05) is 69.3 Å². The number of fused-ring (bicyclic) bond motifs is 2. The number of rotatable bonds is 4. The zero-order valence-corrected chi connectivity index (χ0v) is 19.7. The second-order valence-corrected chi connectivity index (χ2v) is 9.89. The van der Waals surface area contributed by atoms with Crippen molar-refractivity contribution in [3.05, 3.63) is 75.4 Å². The van der Waals surface area contributed by atoms with E-state index in [0.29, 0.717) is 11.2 Å². The molecule has 2 aromatic heterocycles. The molecule has 0 atom stereocenters. The van der Waals surface area contributed by atoms with E-state index < -0.39 is 0 Å². The summed E-state index contributed by atoms with van der Waals surface area (Å²) in [5, 5.41) is 1.47. The lowest BCUT2D eigenvalue weighted by atomic mass is 9.96. The Hall–Kier alpha value is -2.43. The summed E-state index contributed by atoms with van der Waals surface area (Å²) in [6, 6.07) is 17.7. The van der Waals surface area contributed by atoms with Crippen LogP contribution in [0.15, 0.2) is 48.5 Å². The van der Waals surface area contributed by atoms with Crippen molar-refractivity contribution in [2.45, 2.75) is 46.1 Å². The minimum atomic E-state index is 0.326. The molecule has 0 radical (unpaired) electrons. The van der Waals surface area contributed by atoms with Gasteiger partial charge in [0.05, 0.1) is 5.39 Å². The van der Waals surface area contributed by atoms with Crippen LogP contribution in [0.1, 0.15) is 48.3 Å². The SMILES string of the molecule is CCc1sc2nc(Cl)nc(N3CCc4ccccc4C3)c2c1-c1ccc(C(C)C)cc1. The molecule has 3 nitrogen and oxygen atoms in total. The Morgan fingerprint density at radius 1 is 1.03 bits per heavy atom. The van der Waals surface area contributed by atoms with Crippen LogP contribution < -0.4 is 4.90 Å². The summed E-state index contributed by atoms with van der Waals surface area (Å²) >= 11 is 8.15. The molecule has 0 amide bonds. The van der Waals surface area contributed by atoms with E-state index in [4.69, 9.17) is 16.6 Å². The van der Waals surface area contributed by atoms with Crippen LogP contribution in [-0.4, -0.2) is 16.5 Å². The number of nitrogens with zero attached hydrogens (tertiary/aromatic N) is 3. The molecule has 31 heavy (non-hydrogen) atoms. The quantitative estimate of drug-likeness (QED) is 0.308. The van der Waals surface area contributed by atoms with Gasteiger partial charge in [-0.05, 0) is 52.6 Å². The first kappa shape index (κ1) is 20.5. The van der Waals surface area contributed by atoms with Gasteiger partial charge in [-0.2, -0.15) is 4.98 Å². The van der Waals surface area contributed by atoms with Crippen LogP contribution in [0.4, 0.5) is 5.82 Å². The fourth-order valence-corrected chi connectivity index (χ4v) is 5.84. The van der Waals surface area contributed by atoms with Crippen molar-refractivity contribution in [3.63, 3.8) is 0 Å². The molecule has 0 saturated carbocycles. The molecule has 158 valence electrons. The highest BCUT2D eigenvalue weighted by Gasteiger charge is 2.25. The van der Waals surface area contributed by atoms with Crippen LogP contribution in [-0.2, 0) is 19.4 Å². The molecular formula is C26H26ClN3S. The summed E-state index contributed by atoms with van der Waals surface area (Å²) in [4.78, 5) is 14.1. The van der Waals surface area contributed by atoms with E-state index in [1.165, 1.54) is 32.7 Å². The van der Waals surface area contributed by atoms with Gasteiger partial charge in [0, 0.05) is 23.5 Å². The summed E-state index contributed by atoms with van der Waals surface area (Å²) in [6.45, 7) is 8.45. The third kappa shape index (κ3) is 3.72. The van der Waals surface area contributed by atoms with Crippen molar-refractivity contribution in [1.82, 2.24) is 9.97 Å². The number of anilines is 1. The average molecular weight is 448 g/mol. The van der Waals surface area contributed by atoms with Crippen LogP contribution in [0.3, 0.4) is 0 Å². The summed E-state index contributed by atoms with van der Waals surface area (Å²) in [7, 11) is 0. The first-order valence-electron chi connectivity index (χ1n) is 11.0. The largest absolute Gasteiger partial charge is 0.351 e. The average Bonchev–Trinajstić information content (AvgIpc) is 3.16. The summed E-state index contributed by atoms with van der Waals surface area (Å²) in [6.07, 6.45) is 1.98. The van der Waals surface area contributed by atoms with Crippen molar-refractivity contribution in [1.29, 1.82) is 0 Å². The van der Waals surface area contributed by atoms with Crippen molar-refractivity contribution < 1.29 is 0 Å². The fraction of sp³-hybridized carbons (Fsp3) is 0.308. The molecule has 0 unspecified atom stereocenters. The molecular weight excluding hydrogens is 422 g/mol. The van der Waals surface area contributed by atoms with Crippen LogP contribution >= 0.6 is 22.9 Å². The van der Waals surface area contributed by atoms with Gasteiger partial charge in [-0.25, -0.2) is 4.98 Å². The maximum atomic E-state index is 6.41. The van der Waals surface area contributed by atoms with Crippen LogP contribution in [0.5, 0.6) is 0 Å². The Bertz CT molecular complexity index is 1240. The number of aryl methyl sites for hydroxylation is 1. The predicted octanol–water partition coefficient (Wildman–Crippen LogP) is 7.26. The molecule has 0 spiro atoms. The monoisotopic (exact) mass is 447 g/mol. The molecule has 1 aliphatic heterocycles. The van der Waals surface area contributed by atoms with Gasteiger partial charge in [-0.15, -0.1) is 11.3 Å². The van der Waals surface area contributed by atoms with Gasteiger partial charge in [0.15, 0.2) is 0 Å². The highest BCUT2D eigenvalue weighted by atomic mass is 35.5. The zero-order chi connectivity index (χ0) is 21.5. The maximum Gasteiger partial charge on any atom is 0.225 e. The van der Waals surface area contributed by atoms with Gasteiger partial charge in [0.1, 0.15) is 10.6 Å². The van der Waals surface area contributed by atoms with Crippen molar-refractivity contribution in [2.24, 2.45) is 0 Å². The first-order valence-corrected chi connectivity index (χ1v) is 12.2. The van der Waals surface area contributed by atoms with E-state index in [0.717, 1.165) is 42.0 Å². The van der Waals surface area contributed by atoms with Gasteiger partial charge in [-0.3, -0.25) is 0 Å². The number of hydrogen-bond donors (Lipinski definition) is 0. The van der Waals surface area contributed by atoms with Crippen molar-refractivity contribution >= 4 is 39.0 Å². The molecule has 0 N–H and O–H groups in total. The van der Waals surface area contributed by atoms with Gasteiger partial charge < -0.3 is 4.90 Å². The molecule has 3 heterocycles. The summed E-state index contributed by atoms with van der Waals surface area (Å²) < 4.78 is 0. The molecule has 5 heteroatoms. The molecule has 2 aromatic carbocycles. The lowest BCUT2D eigenvalue weighted by Crippen LogP contribution is -2.31. The van der Waals surface area contributed by atoms with Gasteiger partial charge in [0.2, 0.25) is 5.28 Å². The second kappa shape index (κ2) is 8.25. The molecule has 4 aromatic rings. The minimum absolute atomic E-state index is 0.326. The molecule has 0 bridgehead atoms. The molecule has 5 rings (SSSR count). The lowest BCUT2D eigenvalue weighted by molar-refractivity contribution is 0.723. The highest BCUT2D eigenvalue weighted by Crippen LogP contribution is 2.44. The Morgan fingerprint density at radius 3 is 2.48 bits per heavy atom. The number of benzene rings is 2. The highest BCUT2D eigenvalue weighted by molar-refractivity contribution is 7.19. The Balaban J connectivity index is 1.68. The number of aromatic nitrogens is 2. The third-order valence-corrected chi connectivity index (χ3v) is 7.59. The number of hydrogen-bond acceptors (Lipinski definition) is 4. The number of halogens is 1. The van der Waals surface area contributed by atoms with Crippen LogP contribution in [0, 0.1) is 0 Å². The Labute approximate surface area is 192 Å².